The van der Waals surface area contributed by atoms with Crippen molar-refractivity contribution in [3.63, 3.8) is 0 Å². The highest BCUT2D eigenvalue weighted by Crippen LogP contribution is 2.21. The standard InChI is InChI=1S/C13H15ClFN.C2H6/c1-3-11-7-10(6-4-5-9(2)16)8-12(14)13(11)15;1-2/h1,7-9H,4-6,16H2,2H3;1-2H3. The van der Waals surface area contributed by atoms with Crippen molar-refractivity contribution in [3.05, 3.63) is 34.1 Å². The van der Waals surface area contributed by atoms with Crippen molar-refractivity contribution >= 4 is 11.6 Å². The minimum Gasteiger partial charge on any atom is -0.328 e. The van der Waals surface area contributed by atoms with Crippen LogP contribution in [-0.4, -0.2) is 6.04 Å². The van der Waals surface area contributed by atoms with Crippen molar-refractivity contribution < 1.29 is 4.39 Å². The van der Waals surface area contributed by atoms with Gasteiger partial charge in [0.15, 0.2) is 5.82 Å². The number of hydrogen-bond acceptors (Lipinski definition) is 1. The number of nitrogens with two attached hydrogens (primary N) is 1. The lowest BCUT2D eigenvalue weighted by atomic mass is 10.0. The Balaban J connectivity index is 0.00000137. The summed E-state index contributed by atoms with van der Waals surface area (Å²) in [4.78, 5) is 0. The lowest BCUT2D eigenvalue weighted by molar-refractivity contribution is 0.615. The number of terminal acetylenes is 1. The molecule has 18 heavy (non-hydrogen) atoms. The van der Waals surface area contributed by atoms with E-state index in [1.165, 1.54) is 0 Å². The second kappa shape index (κ2) is 8.97. The molecule has 1 unspecified atom stereocenters. The molecule has 0 aromatic heterocycles. The van der Waals surface area contributed by atoms with Gasteiger partial charge in [-0.1, -0.05) is 31.4 Å². The molecule has 1 atom stereocenters. The van der Waals surface area contributed by atoms with Gasteiger partial charge in [0.05, 0.1) is 10.6 Å². The molecule has 0 radical (unpaired) electrons. The number of halogens is 2. The lowest BCUT2D eigenvalue weighted by Gasteiger charge is -2.07. The van der Waals surface area contributed by atoms with E-state index in [4.69, 9.17) is 23.8 Å². The van der Waals surface area contributed by atoms with Gasteiger partial charge in [-0.3, -0.25) is 0 Å². The number of aryl methyl sites for hydroxylation is 1. The van der Waals surface area contributed by atoms with Crippen LogP contribution in [0.3, 0.4) is 0 Å². The van der Waals surface area contributed by atoms with Crippen LogP contribution in [-0.2, 0) is 6.42 Å². The van der Waals surface area contributed by atoms with Gasteiger partial charge in [-0.25, -0.2) is 4.39 Å². The summed E-state index contributed by atoms with van der Waals surface area (Å²) < 4.78 is 13.3. The molecule has 1 aromatic rings. The molecule has 0 aliphatic heterocycles. The highest BCUT2D eigenvalue weighted by atomic mass is 35.5. The minimum atomic E-state index is -0.514. The van der Waals surface area contributed by atoms with Crippen LogP contribution in [0.1, 0.15) is 44.7 Å². The zero-order valence-electron chi connectivity index (χ0n) is 11.3. The van der Waals surface area contributed by atoms with E-state index in [0.29, 0.717) is 0 Å². The Morgan fingerprint density at radius 3 is 2.56 bits per heavy atom. The Kier molecular flexibility index (Phi) is 8.45. The van der Waals surface area contributed by atoms with Gasteiger partial charge < -0.3 is 5.73 Å². The van der Waals surface area contributed by atoms with Gasteiger partial charge in [0.25, 0.3) is 0 Å². The van der Waals surface area contributed by atoms with E-state index >= 15 is 0 Å². The van der Waals surface area contributed by atoms with E-state index in [0.717, 1.165) is 24.8 Å². The lowest BCUT2D eigenvalue weighted by Crippen LogP contribution is -2.14. The monoisotopic (exact) mass is 269 g/mol. The Bertz CT molecular complexity index is 408. The van der Waals surface area contributed by atoms with Gasteiger partial charge >= 0.3 is 0 Å². The summed E-state index contributed by atoms with van der Waals surface area (Å²) in [5, 5.41) is 0.0891. The fourth-order valence-electron chi connectivity index (χ4n) is 1.52. The normalized spacial score (nSPS) is 11.2. The van der Waals surface area contributed by atoms with Crippen molar-refractivity contribution in [1.29, 1.82) is 0 Å². The summed E-state index contributed by atoms with van der Waals surface area (Å²) >= 11 is 5.74. The van der Waals surface area contributed by atoms with Crippen molar-refractivity contribution in [2.45, 2.75) is 46.1 Å². The minimum absolute atomic E-state index is 0.0891. The average molecular weight is 270 g/mol. The fourth-order valence-corrected chi connectivity index (χ4v) is 1.76. The molecule has 0 saturated heterocycles. The molecule has 0 bridgehead atoms. The third-order valence-corrected chi connectivity index (χ3v) is 2.64. The molecule has 0 fully saturated rings. The number of rotatable bonds is 4. The van der Waals surface area contributed by atoms with Crippen molar-refractivity contribution in [2.75, 3.05) is 0 Å². The first-order valence-electron chi connectivity index (χ1n) is 6.24. The maximum atomic E-state index is 13.3. The molecule has 0 saturated carbocycles. The number of hydrogen-bond donors (Lipinski definition) is 1. The smallest absolute Gasteiger partial charge is 0.157 e. The molecule has 0 heterocycles. The van der Waals surface area contributed by atoms with Gasteiger partial charge in [-0.05, 0) is 43.9 Å². The third-order valence-electron chi connectivity index (χ3n) is 2.37. The Morgan fingerprint density at radius 1 is 1.44 bits per heavy atom. The van der Waals surface area contributed by atoms with Crippen LogP contribution in [0.2, 0.25) is 5.02 Å². The highest BCUT2D eigenvalue weighted by molar-refractivity contribution is 6.30. The predicted molar refractivity (Wildman–Crippen MR) is 77.3 cm³/mol. The zero-order chi connectivity index (χ0) is 14.1. The topological polar surface area (TPSA) is 26.0 Å². The molecular weight excluding hydrogens is 249 g/mol. The maximum Gasteiger partial charge on any atom is 0.157 e. The van der Waals surface area contributed by atoms with E-state index in [9.17, 15) is 4.39 Å². The maximum absolute atomic E-state index is 13.3. The molecule has 2 N–H and O–H groups in total. The molecular formula is C15H21ClFN. The quantitative estimate of drug-likeness (QED) is 0.816. The summed E-state index contributed by atoms with van der Waals surface area (Å²) in [6, 6.07) is 3.48. The average Bonchev–Trinajstić information content (AvgIpc) is 2.35. The zero-order valence-corrected chi connectivity index (χ0v) is 12.0. The molecule has 0 aliphatic rings. The molecule has 100 valence electrons. The van der Waals surface area contributed by atoms with Gasteiger partial charge in [-0.2, -0.15) is 0 Å². The molecule has 3 heteroatoms. The molecule has 1 aromatic carbocycles. The third kappa shape index (κ3) is 5.53. The Morgan fingerprint density at radius 2 is 2.06 bits per heavy atom. The Labute approximate surface area is 115 Å². The second-order valence-electron chi connectivity index (χ2n) is 3.95. The van der Waals surface area contributed by atoms with Crippen molar-refractivity contribution in [2.24, 2.45) is 5.73 Å². The molecule has 0 spiro atoms. The van der Waals surface area contributed by atoms with Crippen LogP contribution < -0.4 is 5.73 Å². The van der Waals surface area contributed by atoms with Crippen LogP contribution in [0.25, 0.3) is 0 Å². The van der Waals surface area contributed by atoms with Gasteiger partial charge in [0.1, 0.15) is 0 Å². The van der Waals surface area contributed by atoms with Crippen molar-refractivity contribution in [1.82, 2.24) is 0 Å². The van der Waals surface area contributed by atoms with E-state index in [-0.39, 0.29) is 16.6 Å². The first-order chi connectivity index (χ1) is 8.54. The fraction of sp³-hybridized carbons (Fsp3) is 0.467. The first-order valence-corrected chi connectivity index (χ1v) is 6.62. The van der Waals surface area contributed by atoms with E-state index < -0.39 is 5.82 Å². The highest BCUT2D eigenvalue weighted by Gasteiger charge is 2.07. The predicted octanol–water partition coefficient (Wildman–Crippen LogP) is 4.16. The van der Waals surface area contributed by atoms with E-state index in [1.54, 1.807) is 12.1 Å². The summed E-state index contributed by atoms with van der Waals surface area (Å²) in [5.41, 5.74) is 6.83. The second-order valence-corrected chi connectivity index (χ2v) is 4.36. The Hall–Kier alpha value is -1.04. The van der Waals surface area contributed by atoms with Gasteiger partial charge in [-0.15, -0.1) is 6.42 Å². The summed E-state index contributed by atoms with van der Waals surface area (Å²) in [5.74, 6) is 1.78. The van der Waals surface area contributed by atoms with Gasteiger partial charge in [0.2, 0.25) is 0 Å². The largest absolute Gasteiger partial charge is 0.328 e. The van der Waals surface area contributed by atoms with Crippen LogP contribution in [0, 0.1) is 18.2 Å². The van der Waals surface area contributed by atoms with Crippen LogP contribution >= 0.6 is 11.6 Å². The van der Waals surface area contributed by atoms with E-state index in [1.807, 2.05) is 20.8 Å². The molecule has 0 amide bonds. The molecule has 0 aliphatic carbocycles. The van der Waals surface area contributed by atoms with E-state index in [2.05, 4.69) is 5.92 Å². The van der Waals surface area contributed by atoms with Gasteiger partial charge in [0, 0.05) is 6.04 Å². The summed E-state index contributed by atoms with van der Waals surface area (Å²) in [6.45, 7) is 5.96. The summed E-state index contributed by atoms with van der Waals surface area (Å²) in [6.07, 6.45) is 7.89. The summed E-state index contributed by atoms with van der Waals surface area (Å²) in [7, 11) is 0. The van der Waals surface area contributed by atoms with Crippen LogP contribution in [0.4, 0.5) is 4.39 Å². The number of benzene rings is 1. The molecule has 1 rings (SSSR count). The van der Waals surface area contributed by atoms with Crippen LogP contribution in [0.5, 0.6) is 0 Å². The SMILES string of the molecule is C#Cc1cc(CCCC(C)N)cc(Cl)c1F.CC. The van der Waals surface area contributed by atoms with Crippen LogP contribution in [0.15, 0.2) is 12.1 Å². The van der Waals surface area contributed by atoms with Crippen molar-refractivity contribution in [3.8, 4) is 12.3 Å². The first kappa shape index (κ1) is 17.0. The molecule has 1 nitrogen and oxygen atoms in total.